The van der Waals surface area contributed by atoms with E-state index >= 15 is 0 Å². The second-order valence-electron chi connectivity index (χ2n) is 7.60. The average Bonchev–Trinajstić information content (AvgIpc) is 2.73. The fourth-order valence-corrected chi connectivity index (χ4v) is 3.51. The van der Waals surface area contributed by atoms with Gasteiger partial charge in [-0.15, -0.1) is 35.9 Å². The summed E-state index contributed by atoms with van der Waals surface area (Å²) in [5.74, 6) is 0. The molecule has 161 valence electrons. The molecule has 1 radical (unpaired) electrons. The standard InChI is InChI=1S/C20H17N2.C5H12O2.Ir/c1-3-9-15(10-4-1)19-20(16-11-5-2-6-12-16)22-18-14-8-7-13-17(18)21-19;1-4(6)3-5(2)7;/h1-6,9-11H,7-8,13-14H2;4-7H,3H2,1-2H3;/q-1;;. The number of aryl methyl sites for hydroxylation is 2. The summed E-state index contributed by atoms with van der Waals surface area (Å²) in [7, 11) is 0. The maximum Gasteiger partial charge on any atom is 0.0607 e. The molecule has 4 rings (SSSR count). The van der Waals surface area contributed by atoms with E-state index in [1.807, 2.05) is 24.3 Å². The summed E-state index contributed by atoms with van der Waals surface area (Å²) in [4.78, 5) is 9.94. The zero-order valence-corrected chi connectivity index (χ0v) is 19.9. The molecule has 3 aromatic rings. The Bertz CT molecular complexity index is 825. The Morgan fingerprint density at radius 3 is 1.90 bits per heavy atom. The molecule has 2 aromatic carbocycles. The van der Waals surface area contributed by atoms with Gasteiger partial charge in [-0.2, -0.15) is 0 Å². The number of aliphatic hydroxyl groups is 2. The normalized spacial score (nSPS) is 14.4. The summed E-state index contributed by atoms with van der Waals surface area (Å²) >= 11 is 0. The van der Waals surface area contributed by atoms with E-state index in [4.69, 9.17) is 20.2 Å². The minimum atomic E-state index is -0.375. The Labute approximate surface area is 192 Å². The van der Waals surface area contributed by atoms with Crippen molar-refractivity contribution in [2.24, 2.45) is 0 Å². The summed E-state index contributed by atoms with van der Waals surface area (Å²) < 4.78 is 0. The van der Waals surface area contributed by atoms with Gasteiger partial charge in [-0.05, 0) is 51.5 Å². The third-order valence-electron chi connectivity index (χ3n) is 4.82. The number of aliphatic hydroxyl groups excluding tert-OH is 2. The fraction of sp³-hybridized carbons (Fsp3) is 0.360. The topological polar surface area (TPSA) is 66.2 Å². The summed E-state index contributed by atoms with van der Waals surface area (Å²) in [6, 6.07) is 21.6. The van der Waals surface area contributed by atoms with Crippen molar-refractivity contribution in [3.05, 3.63) is 72.1 Å². The van der Waals surface area contributed by atoms with Crippen molar-refractivity contribution in [1.29, 1.82) is 0 Å². The molecule has 2 atom stereocenters. The van der Waals surface area contributed by atoms with Crippen LogP contribution < -0.4 is 0 Å². The number of benzene rings is 2. The number of fused-ring (bicyclic) bond motifs is 1. The quantitative estimate of drug-likeness (QED) is 0.442. The van der Waals surface area contributed by atoms with Crippen molar-refractivity contribution in [3.63, 3.8) is 0 Å². The van der Waals surface area contributed by atoms with Crippen molar-refractivity contribution in [2.45, 2.75) is 58.2 Å². The van der Waals surface area contributed by atoms with Crippen LogP contribution in [0.15, 0.2) is 54.6 Å². The number of nitrogens with zero attached hydrogens (tertiary/aromatic N) is 2. The Kier molecular flexibility index (Phi) is 9.80. The molecule has 2 N–H and O–H groups in total. The maximum atomic E-state index is 8.56. The Hall–Kier alpha value is -1.91. The van der Waals surface area contributed by atoms with Gasteiger partial charge in [-0.1, -0.05) is 30.3 Å². The van der Waals surface area contributed by atoms with Crippen LogP contribution in [-0.4, -0.2) is 32.4 Å². The van der Waals surface area contributed by atoms with Crippen LogP contribution in [-0.2, 0) is 32.9 Å². The molecule has 0 saturated heterocycles. The van der Waals surface area contributed by atoms with Gasteiger partial charge in [0.25, 0.3) is 0 Å². The van der Waals surface area contributed by atoms with Gasteiger partial charge in [-0.25, -0.2) is 0 Å². The smallest absolute Gasteiger partial charge is 0.0607 e. The molecule has 0 spiro atoms. The Balaban J connectivity index is 0.000000350. The van der Waals surface area contributed by atoms with Gasteiger partial charge in [0.1, 0.15) is 0 Å². The van der Waals surface area contributed by atoms with Crippen LogP contribution in [0.4, 0.5) is 0 Å². The second kappa shape index (κ2) is 12.1. The number of aromatic nitrogens is 2. The molecule has 30 heavy (non-hydrogen) atoms. The first-order valence-corrected chi connectivity index (χ1v) is 10.3. The van der Waals surface area contributed by atoms with Crippen LogP contribution in [0.3, 0.4) is 0 Å². The summed E-state index contributed by atoms with van der Waals surface area (Å²) in [5.41, 5.74) is 6.40. The summed E-state index contributed by atoms with van der Waals surface area (Å²) in [6.07, 6.45) is 4.23. The predicted octanol–water partition coefficient (Wildman–Crippen LogP) is 4.63. The number of hydrogen-bond acceptors (Lipinski definition) is 4. The molecule has 4 nitrogen and oxygen atoms in total. The van der Waals surface area contributed by atoms with Crippen LogP contribution in [0.2, 0.25) is 0 Å². The van der Waals surface area contributed by atoms with Crippen molar-refractivity contribution in [3.8, 4) is 22.5 Å². The van der Waals surface area contributed by atoms with Crippen molar-refractivity contribution >= 4 is 0 Å². The molecular weight excluding hydrogens is 553 g/mol. The Morgan fingerprint density at radius 1 is 0.833 bits per heavy atom. The molecular formula is C25H29IrN2O2-. The van der Waals surface area contributed by atoms with Crippen LogP contribution in [0.25, 0.3) is 22.5 Å². The summed E-state index contributed by atoms with van der Waals surface area (Å²) in [6.45, 7) is 3.32. The van der Waals surface area contributed by atoms with Crippen LogP contribution >= 0.6 is 0 Å². The number of hydrogen-bond donors (Lipinski definition) is 2. The van der Waals surface area contributed by atoms with Gasteiger partial charge in [0.2, 0.25) is 0 Å². The molecule has 5 heteroatoms. The zero-order valence-electron chi connectivity index (χ0n) is 17.5. The van der Waals surface area contributed by atoms with Crippen LogP contribution in [0, 0.1) is 6.07 Å². The van der Waals surface area contributed by atoms with Crippen LogP contribution in [0.5, 0.6) is 0 Å². The molecule has 0 saturated carbocycles. The van der Waals surface area contributed by atoms with Gasteiger partial charge in [0, 0.05) is 25.8 Å². The van der Waals surface area contributed by atoms with Crippen molar-refractivity contribution in [2.75, 3.05) is 0 Å². The SMILES string of the molecule is CC(O)CC(C)O.[Ir].[c-]1ccccc1-c1nc2c(nc1-c1ccccc1)CCCC2. The van der Waals surface area contributed by atoms with Gasteiger partial charge < -0.3 is 10.2 Å². The van der Waals surface area contributed by atoms with Crippen LogP contribution in [0.1, 0.15) is 44.5 Å². The largest absolute Gasteiger partial charge is 0.393 e. The molecule has 0 aliphatic heterocycles. The van der Waals surface area contributed by atoms with Gasteiger partial charge in [-0.3, -0.25) is 9.97 Å². The Morgan fingerprint density at radius 2 is 1.40 bits per heavy atom. The molecule has 0 bridgehead atoms. The van der Waals surface area contributed by atoms with Crippen molar-refractivity contribution in [1.82, 2.24) is 9.97 Å². The summed E-state index contributed by atoms with van der Waals surface area (Å²) in [5, 5.41) is 17.1. The first-order valence-electron chi connectivity index (χ1n) is 10.3. The molecule has 0 fully saturated rings. The van der Waals surface area contributed by atoms with E-state index in [1.165, 1.54) is 18.5 Å². The zero-order chi connectivity index (χ0) is 20.6. The first-order chi connectivity index (χ1) is 14.0. The minimum absolute atomic E-state index is 0. The van der Waals surface area contributed by atoms with Gasteiger partial charge in [0.05, 0.1) is 29.3 Å². The third-order valence-corrected chi connectivity index (χ3v) is 4.82. The second-order valence-corrected chi connectivity index (χ2v) is 7.60. The fourth-order valence-electron chi connectivity index (χ4n) is 3.51. The number of rotatable bonds is 4. The molecule has 1 aromatic heterocycles. The van der Waals surface area contributed by atoms with E-state index in [0.717, 1.165) is 41.1 Å². The maximum absolute atomic E-state index is 8.56. The molecule has 1 aliphatic rings. The monoisotopic (exact) mass is 582 g/mol. The van der Waals surface area contributed by atoms with Crippen molar-refractivity contribution < 1.29 is 30.3 Å². The van der Waals surface area contributed by atoms with E-state index in [2.05, 4.69) is 36.4 Å². The van der Waals surface area contributed by atoms with E-state index in [-0.39, 0.29) is 32.3 Å². The molecule has 2 unspecified atom stereocenters. The average molecular weight is 582 g/mol. The van der Waals surface area contributed by atoms with E-state index in [1.54, 1.807) is 13.8 Å². The predicted molar refractivity (Wildman–Crippen MR) is 116 cm³/mol. The first kappa shape index (κ1) is 24.4. The molecule has 0 amide bonds. The molecule has 1 heterocycles. The minimum Gasteiger partial charge on any atom is -0.393 e. The van der Waals surface area contributed by atoms with Gasteiger partial charge in [0.15, 0.2) is 0 Å². The van der Waals surface area contributed by atoms with E-state index in [0.29, 0.717) is 6.42 Å². The molecule has 1 aliphatic carbocycles. The van der Waals surface area contributed by atoms with E-state index in [9.17, 15) is 0 Å². The van der Waals surface area contributed by atoms with Gasteiger partial charge >= 0.3 is 0 Å². The van der Waals surface area contributed by atoms with E-state index < -0.39 is 0 Å². The third kappa shape index (κ3) is 6.82.